The van der Waals surface area contributed by atoms with Crippen LogP contribution in [-0.4, -0.2) is 94.8 Å². The van der Waals surface area contributed by atoms with Crippen molar-refractivity contribution in [3.63, 3.8) is 0 Å². The van der Waals surface area contributed by atoms with Crippen LogP contribution in [0.3, 0.4) is 0 Å². The molecular formula is C31H47N3O7. The predicted octanol–water partition coefficient (Wildman–Crippen LogP) is 3.45. The Morgan fingerprint density at radius 3 is 2.41 bits per heavy atom. The summed E-state index contributed by atoms with van der Waals surface area (Å²) in [6.07, 6.45) is 4.77. The molecular weight excluding hydrogens is 526 g/mol. The first-order valence-corrected chi connectivity index (χ1v) is 15.1. The van der Waals surface area contributed by atoms with E-state index in [0.29, 0.717) is 62.6 Å². The lowest BCUT2D eigenvalue weighted by molar-refractivity contribution is -0.144. The van der Waals surface area contributed by atoms with Crippen molar-refractivity contribution in [2.24, 2.45) is 11.3 Å². The summed E-state index contributed by atoms with van der Waals surface area (Å²) in [6, 6.07) is 3.18. The zero-order valence-corrected chi connectivity index (χ0v) is 25.1. The van der Waals surface area contributed by atoms with Crippen LogP contribution in [-0.2, 0) is 21.0 Å². The molecule has 3 aliphatic rings. The van der Waals surface area contributed by atoms with Gasteiger partial charge < -0.3 is 29.5 Å². The Kier molecular flexibility index (Phi) is 10.2. The largest absolute Gasteiger partial charge is 0.481 e. The van der Waals surface area contributed by atoms with Crippen molar-refractivity contribution in [1.82, 2.24) is 14.7 Å². The van der Waals surface area contributed by atoms with Crippen LogP contribution in [0.5, 0.6) is 11.5 Å². The number of carbonyl (C=O) groups excluding carboxylic acids is 2. The standard InChI is InChI=1S/C31H47N3O7/c1-5-7-10-32(11-8-6-2)27(37)17-34-16-23(21-13-22(18-35)29-25(14-21)40-20-41-29)28(30(38)39)24(34)9-12-33-19-31(3,4)15-26(33)36/h13-14,23-24,28,35H,5-12,15-20H2,1-4H3,(H,38,39)/t23-,24+,28-/m1/s1. The maximum Gasteiger partial charge on any atom is 0.308 e. The molecule has 2 saturated heterocycles. The first kappa shape index (κ1) is 31.1. The van der Waals surface area contributed by atoms with Crippen molar-refractivity contribution in [2.45, 2.75) is 84.8 Å². The molecule has 0 aliphatic carbocycles. The summed E-state index contributed by atoms with van der Waals surface area (Å²) in [4.78, 5) is 45.0. The summed E-state index contributed by atoms with van der Waals surface area (Å²) in [5.74, 6) is -1.05. The van der Waals surface area contributed by atoms with Crippen LogP contribution in [0.1, 0.15) is 83.3 Å². The molecule has 2 fully saturated rings. The van der Waals surface area contributed by atoms with Gasteiger partial charge in [0.05, 0.1) is 19.1 Å². The van der Waals surface area contributed by atoms with Crippen LogP contribution in [0, 0.1) is 11.3 Å². The van der Waals surface area contributed by atoms with Crippen molar-refractivity contribution < 1.29 is 34.1 Å². The third-order valence-corrected chi connectivity index (χ3v) is 8.75. The van der Waals surface area contributed by atoms with Gasteiger partial charge in [0, 0.05) is 56.7 Å². The summed E-state index contributed by atoms with van der Waals surface area (Å²) in [5.41, 5.74) is 1.20. The number of hydrogen-bond acceptors (Lipinski definition) is 7. The highest BCUT2D eigenvalue weighted by Crippen LogP contribution is 2.44. The summed E-state index contributed by atoms with van der Waals surface area (Å²) >= 11 is 0. The number of aliphatic hydroxyl groups is 1. The third-order valence-electron chi connectivity index (χ3n) is 8.75. The van der Waals surface area contributed by atoms with Gasteiger partial charge in [-0.2, -0.15) is 0 Å². The molecule has 0 aromatic heterocycles. The third kappa shape index (κ3) is 7.15. The number of aliphatic carboxylic acids is 1. The molecule has 3 heterocycles. The average Bonchev–Trinajstić information content (AvgIpc) is 3.61. The van der Waals surface area contributed by atoms with E-state index in [4.69, 9.17) is 9.47 Å². The number of carboxylic acid groups (broad SMARTS) is 1. The number of hydrogen-bond donors (Lipinski definition) is 2. The molecule has 228 valence electrons. The van der Waals surface area contributed by atoms with Gasteiger partial charge in [-0.15, -0.1) is 0 Å². The topological polar surface area (TPSA) is 120 Å². The monoisotopic (exact) mass is 573 g/mol. The van der Waals surface area contributed by atoms with E-state index in [0.717, 1.165) is 31.2 Å². The number of rotatable bonds is 14. The zero-order valence-electron chi connectivity index (χ0n) is 25.1. The van der Waals surface area contributed by atoms with Crippen LogP contribution in [0.25, 0.3) is 0 Å². The summed E-state index contributed by atoms with van der Waals surface area (Å²) in [6.45, 7) is 11.1. The number of fused-ring (bicyclic) bond motifs is 1. The molecule has 2 N–H and O–H groups in total. The van der Waals surface area contributed by atoms with E-state index in [-0.39, 0.29) is 37.2 Å². The minimum atomic E-state index is -0.930. The minimum absolute atomic E-state index is 0.0156. The second-order valence-corrected chi connectivity index (χ2v) is 12.6. The zero-order chi connectivity index (χ0) is 29.7. The molecule has 10 heteroatoms. The van der Waals surface area contributed by atoms with Crippen LogP contribution in [0.4, 0.5) is 0 Å². The number of ether oxygens (including phenoxy) is 2. The molecule has 3 aliphatic heterocycles. The number of benzene rings is 1. The van der Waals surface area contributed by atoms with Crippen LogP contribution in [0.2, 0.25) is 0 Å². The normalized spacial score (nSPS) is 23.4. The fourth-order valence-electron chi connectivity index (χ4n) is 6.63. The number of likely N-dealkylation sites (tertiary alicyclic amines) is 2. The first-order valence-electron chi connectivity index (χ1n) is 15.1. The molecule has 41 heavy (non-hydrogen) atoms. The van der Waals surface area contributed by atoms with Crippen LogP contribution < -0.4 is 9.47 Å². The van der Waals surface area contributed by atoms with Gasteiger partial charge in [0.15, 0.2) is 11.5 Å². The van der Waals surface area contributed by atoms with Gasteiger partial charge in [0.2, 0.25) is 18.6 Å². The van der Waals surface area contributed by atoms with Crippen LogP contribution >= 0.6 is 0 Å². The lowest BCUT2D eigenvalue weighted by atomic mass is 9.83. The van der Waals surface area contributed by atoms with Crippen molar-refractivity contribution >= 4 is 17.8 Å². The summed E-state index contributed by atoms with van der Waals surface area (Å²) in [7, 11) is 0. The molecule has 2 amide bonds. The van der Waals surface area contributed by atoms with Gasteiger partial charge in [-0.3, -0.25) is 19.3 Å². The van der Waals surface area contributed by atoms with E-state index in [9.17, 15) is 24.6 Å². The highest BCUT2D eigenvalue weighted by molar-refractivity contribution is 5.80. The molecule has 0 bridgehead atoms. The molecule has 1 aromatic rings. The van der Waals surface area contributed by atoms with Crippen molar-refractivity contribution in [2.75, 3.05) is 46.1 Å². The van der Waals surface area contributed by atoms with Gasteiger partial charge >= 0.3 is 5.97 Å². The lowest BCUT2D eigenvalue weighted by Gasteiger charge is -2.31. The average molecular weight is 574 g/mol. The number of nitrogens with zero attached hydrogens (tertiary/aromatic N) is 3. The Morgan fingerprint density at radius 2 is 1.83 bits per heavy atom. The molecule has 3 atom stereocenters. The Morgan fingerprint density at radius 1 is 1.12 bits per heavy atom. The predicted molar refractivity (Wildman–Crippen MR) is 154 cm³/mol. The fraction of sp³-hybridized carbons (Fsp3) is 0.710. The van der Waals surface area contributed by atoms with E-state index in [2.05, 4.69) is 27.7 Å². The number of unbranched alkanes of at least 4 members (excludes halogenated alkanes) is 2. The van der Waals surface area contributed by atoms with Crippen LogP contribution in [0.15, 0.2) is 12.1 Å². The van der Waals surface area contributed by atoms with Crippen molar-refractivity contribution in [1.29, 1.82) is 0 Å². The quantitative estimate of drug-likeness (QED) is 0.347. The van der Waals surface area contributed by atoms with E-state index >= 15 is 0 Å². The molecule has 0 saturated carbocycles. The molecule has 10 nitrogen and oxygen atoms in total. The second-order valence-electron chi connectivity index (χ2n) is 12.6. The smallest absolute Gasteiger partial charge is 0.308 e. The molecule has 1 aromatic carbocycles. The van der Waals surface area contributed by atoms with Gasteiger partial charge in [-0.05, 0) is 42.4 Å². The van der Waals surface area contributed by atoms with E-state index in [1.807, 2.05) is 20.8 Å². The van der Waals surface area contributed by atoms with Gasteiger partial charge in [0.25, 0.3) is 0 Å². The Bertz CT molecular complexity index is 1100. The molecule has 0 radical (unpaired) electrons. The summed E-state index contributed by atoms with van der Waals surface area (Å²) in [5, 5.41) is 20.5. The van der Waals surface area contributed by atoms with Crippen molar-refractivity contribution in [3.05, 3.63) is 23.3 Å². The molecule has 0 spiro atoms. The first-order chi connectivity index (χ1) is 19.6. The maximum atomic E-state index is 13.6. The molecule has 4 rings (SSSR count). The fourth-order valence-corrected chi connectivity index (χ4v) is 6.63. The van der Waals surface area contributed by atoms with E-state index < -0.39 is 23.8 Å². The minimum Gasteiger partial charge on any atom is -0.481 e. The van der Waals surface area contributed by atoms with Gasteiger partial charge in [-0.25, -0.2) is 0 Å². The number of carbonyl (C=O) groups is 3. The summed E-state index contributed by atoms with van der Waals surface area (Å²) < 4.78 is 11.1. The van der Waals surface area contributed by atoms with Crippen molar-refractivity contribution in [3.8, 4) is 11.5 Å². The van der Waals surface area contributed by atoms with Gasteiger partial charge in [-0.1, -0.05) is 40.5 Å². The molecule has 0 unspecified atom stereocenters. The van der Waals surface area contributed by atoms with E-state index in [1.54, 1.807) is 6.07 Å². The Balaban J connectivity index is 1.62. The highest BCUT2D eigenvalue weighted by Gasteiger charge is 2.48. The SMILES string of the molecule is CCCCN(CCCC)C(=O)CN1C[C@H](c2cc(CO)c3c(c2)OCO3)[C@@H](C(=O)O)[C@@H]1CCN1CC(C)(C)CC1=O. The number of amides is 2. The second kappa shape index (κ2) is 13.4. The highest BCUT2D eigenvalue weighted by atomic mass is 16.7. The Hall–Kier alpha value is -2.85. The lowest BCUT2D eigenvalue weighted by Crippen LogP contribution is -2.45. The van der Waals surface area contributed by atoms with E-state index in [1.165, 1.54) is 0 Å². The number of aliphatic hydroxyl groups excluding tert-OH is 1. The van der Waals surface area contributed by atoms with Gasteiger partial charge in [0.1, 0.15) is 0 Å². The maximum absolute atomic E-state index is 13.6. The Labute approximate surface area is 243 Å². The number of carboxylic acids is 1.